The molecule has 4 aromatic rings. The summed E-state index contributed by atoms with van der Waals surface area (Å²) in [5, 5.41) is 14.3. The zero-order valence-electron chi connectivity index (χ0n) is 14.7. The van der Waals surface area contributed by atoms with E-state index in [-0.39, 0.29) is 0 Å². The fourth-order valence-electron chi connectivity index (χ4n) is 2.77. The first-order chi connectivity index (χ1) is 13.2. The first-order valence-corrected chi connectivity index (χ1v) is 8.49. The Kier molecular flexibility index (Phi) is 4.38. The molecule has 0 bridgehead atoms. The number of aryl methyl sites for hydroxylation is 1. The third-order valence-electron chi connectivity index (χ3n) is 4.16. The van der Waals surface area contributed by atoms with Crippen molar-refractivity contribution in [2.24, 2.45) is 0 Å². The Bertz CT molecular complexity index is 1150. The van der Waals surface area contributed by atoms with Crippen molar-refractivity contribution in [2.75, 3.05) is 5.32 Å². The standard InChI is InChI=1S/C22H16N4O/c1-15-12-17-4-2-3-5-18(17)13-20(15)27-21-10-11-24-22(26-21)25-19-8-6-16(14-23)7-9-19/h2-13H,1H3,(H,24,25,26). The molecule has 0 atom stereocenters. The zero-order chi connectivity index (χ0) is 18.6. The van der Waals surface area contributed by atoms with Crippen LogP contribution in [0.15, 0.2) is 72.9 Å². The predicted octanol–water partition coefficient (Wildman–Crippen LogP) is 5.35. The molecule has 0 aliphatic heterocycles. The van der Waals surface area contributed by atoms with Crippen molar-refractivity contribution in [1.82, 2.24) is 9.97 Å². The van der Waals surface area contributed by atoms with E-state index in [1.54, 1.807) is 24.4 Å². The number of nitrogens with one attached hydrogen (secondary N) is 1. The SMILES string of the molecule is Cc1cc2ccccc2cc1Oc1ccnc(Nc2ccc(C#N)cc2)n1. The summed E-state index contributed by atoms with van der Waals surface area (Å²) in [4.78, 5) is 8.64. The molecule has 0 saturated carbocycles. The van der Waals surface area contributed by atoms with E-state index in [1.807, 2.05) is 37.3 Å². The largest absolute Gasteiger partial charge is 0.439 e. The van der Waals surface area contributed by atoms with Crippen molar-refractivity contribution in [1.29, 1.82) is 5.26 Å². The monoisotopic (exact) mass is 352 g/mol. The van der Waals surface area contributed by atoms with E-state index in [2.05, 4.69) is 39.6 Å². The molecule has 0 amide bonds. The molecule has 1 N–H and O–H groups in total. The van der Waals surface area contributed by atoms with Crippen LogP contribution in [0, 0.1) is 18.3 Å². The minimum atomic E-state index is 0.427. The number of benzene rings is 3. The van der Waals surface area contributed by atoms with Crippen LogP contribution in [0.3, 0.4) is 0 Å². The summed E-state index contributed by atoms with van der Waals surface area (Å²) < 4.78 is 6.00. The van der Waals surface area contributed by atoms with Gasteiger partial charge in [-0.15, -0.1) is 0 Å². The molecular weight excluding hydrogens is 336 g/mol. The second kappa shape index (κ2) is 7.14. The van der Waals surface area contributed by atoms with Crippen molar-refractivity contribution in [2.45, 2.75) is 6.92 Å². The highest BCUT2D eigenvalue weighted by Gasteiger charge is 2.07. The molecule has 0 saturated heterocycles. The van der Waals surface area contributed by atoms with Crippen LogP contribution >= 0.6 is 0 Å². The lowest BCUT2D eigenvalue weighted by Crippen LogP contribution is -1.98. The molecule has 130 valence electrons. The van der Waals surface area contributed by atoms with E-state index in [9.17, 15) is 0 Å². The van der Waals surface area contributed by atoms with Crippen LogP contribution in [0.2, 0.25) is 0 Å². The Balaban J connectivity index is 1.57. The van der Waals surface area contributed by atoms with Gasteiger partial charge >= 0.3 is 0 Å². The van der Waals surface area contributed by atoms with Crippen LogP contribution < -0.4 is 10.1 Å². The van der Waals surface area contributed by atoms with Gasteiger partial charge in [0, 0.05) is 18.0 Å². The molecule has 0 radical (unpaired) electrons. The average molecular weight is 352 g/mol. The van der Waals surface area contributed by atoms with Crippen molar-refractivity contribution in [3.05, 3.63) is 84.1 Å². The van der Waals surface area contributed by atoms with Gasteiger partial charge in [0.25, 0.3) is 0 Å². The molecule has 0 spiro atoms. The molecule has 0 fully saturated rings. The number of hydrogen-bond donors (Lipinski definition) is 1. The van der Waals surface area contributed by atoms with Gasteiger partial charge in [-0.25, -0.2) is 4.98 Å². The highest BCUT2D eigenvalue weighted by Crippen LogP contribution is 2.29. The highest BCUT2D eigenvalue weighted by atomic mass is 16.5. The van der Waals surface area contributed by atoms with Gasteiger partial charge in [-0.2, -0.15) is 10.2 Å². The Morgan fingerprint density at radius 2 is 1.70 bits per heavy atom. The van der Waals surface area contributed by atoms with E-state index < -0.39 is 0 Å². The van der Waals surface area contributed by atoms with E-state index in [4.69, 9.17) is 10.00 Å². The Hall–Kier alpha value is -3.91. The summed E-state index contributed by atoms with van der Waals surface area (Å²) in [6.07, 6.45) is 1.64. The lowest BCUT2D eigenvalue weighted by atomic mass is 10.1. The van der Waals surface area contributed by atoms with Crippen LogP contribution in [0.1, 0.15) is 11.1 Å². The quantitative estimate of drug-likeness (QED) is 0.536. The molecular formula is C22H16N4O. The minimum absolute atomic E-state index is 0.427. The molecule has 1 heterocycles. The molecule has 5 heteroatoms. The van der Waals surface area contributed by atoms with Gasteiger partial charge in [0.15, 0.2) is 0 Å². The van der Waals surface area contributed by atoms with E-state index in [1.165, 1.54) is 5.39 Å². The van der Waals surface area contributed by atoms with E-state index >= 15 is 0 Å². The van der Waals surface area contributed by atoms with Crippen molar-refractivity contribution >= 4 is 22.4 Å². The Labute approximate surface area is 156 Å². The smallest absolute Gasteiger partial charge is 0.230 e. The lowest BCUT2D eigenvalue weighted by molar-refractivity contribution is 0.460. The number of ether oxygens (including phenoxy) is 1. The van der Waals surface area contributed by atoms with Gasteiger partial charge in [-0.1, -0.05) is 24.3 Å². The fraction of sp³-hybridized carbons (Fsp3) is 0.0455. The number of nitrogens with zero attached hydrogens (tertiary/aromatic N) is 3. The number of nitriles is 1. The van der Waals surface area contributed by atoms with Crippen LogP contribution in [-0.4, -0.2) is 9.97 Å². The summed E-state index contributed by atoms with van der Waals surface area (Å²) >= 11 is 0. The van der Waals surface area contributed by atoms with Crippen molar-refractivity contribution in [3.8, 4) is 17.7 Å². The van der Waals surface area contributed by atoms with Gasteiger partial charge in [0.1, 0.15) is 5.75 Å². The number of anilines is 2. The molecule has 0 aliphatic rings. The molecule has 0 aliphatic carbocycles. The first-order valence-electron chi connectivity index (χ1n) is 8.49. The number of hydrogen-bond acceptors (Lipinski definition) is 5. The Morgan fingerprint density at radius 3 is 2.44 bits per heavy atom. The summed E-state index contributed by atoms with van der Waals surface area (Å²) in [5.41, 5.74) is 2.44. The molecule has 5 nitrogen and oxygen atoms in total. The van der Waals surface area contributed by atoms with Gasteiger partial charge in [-0.05, 0) is 59.7 Å². The molecule has 1 aromatic heterocycles. The van der Waals surface area contributed by atoms with Crippen LogP contribution in [-0.2, 0) is 0 Å². The molecule has 3 aromatic carbocycles. The maximum absolute atomic E-state index is 8.87. The summed E-state index contributed by atoms with van der Waals surface area (Å²) in [6, 6.07) is 23.2. The molecule has 4 rings (SSSR count). The van der Waals surface area contributed by atoms with Crippen LogP contribution in [0.5, 0.6) is 11.6 Å². The maximum Gasteiger partial charge on any atom is 0.230 e. The van der Waals surface area contributed by atoms with Crippen LogP contribution in [0.4, 0.5) is 11.6 Å². The summed E-state index contributed by atoms with van der Waals surface area (Å²) in [6.45, 7) is 2.01. The van der Waals surface area contributed by atoms with E-state index in [0.29, 0.717) is 17.4 Å². The number of fused-ring (bicyclic) bond motifs is 1. The topological polar surface area (TPSA) is 70.8 Å². The summed E-state index contributed by atoms with van der Waals surface area (Å²) in [7, 11) is 0. The second-order valence-electron chi connectivity index (χ2n) is 6.10. The third-order valence-corrected chi connectivity index (χ3v) is 4.16. The normalized spacial score (nSPS) is 10.4. The fourth-order valence-corrected chi connectivity index (χ4v) is 2.77. The number of aromatic nitrogens is 2. The van der Waals surface area contributed by atoms with Crippen molar-refractivity contribution < 1.29 is 4.74 Å². The zero-order valence-corrected chi connectivity index (χ0v) is 14.7. The average Bonchev–Trinajstić information content (AvgIpc) is 2.69. The van der Waals surface area contributed by atoms with Crippen LogP contribution in [0.25, 0.3) is 10.8 Å². The van der Waals surface area contributed by atoms with Gasteiger partial charge in [0.05, 0.1) is 11.6 Å². The minimum Gasteiger partial charge on any atom is -0.439 e. The second-order valence-corrected chi connectivity index (χ2v) is 6.10. The molecule has 27 heavy (non-hydrogen) atoms. The highest BCUT2D eigenvalue weighted by molar-refractivity contribution is 5.85. The Morgan fingerprint density at radius 1 is 0.963 bits per heavy atom. The molecule has 0 unspecified atom stereocenters. The van der Waals surface area contributed by atoms with Gasteiger partial charge in [0.2, 0.25) is 11.8 Å². The number of rotatable bonds is 4. The van der Waals surface area contributed by atoms with E-state index in [0.717, 1.165) is 22.4 Å². The van der Waals surface area contributed by atoms with Gasteiger partial charge in [-0.3, -0.25) is 0 Å². The van der Waals surface area contributed by atoms with Gasteiger partial charge < -0.3 is 10.1 Å². The van der Waals surface area contributed by atoms with Crippen molar-refractivity contribution in [3.63, 3.8) is 0 Å². The summed E-state index contributed by atoms with van der Waals surface area (Å²) in [5.74, 6) is 1.65. The lowest BCUT2D eigenvalue weighted by Gasteiger charge is -2.11. The maximum atomic E-state index is 8.87. The third kappa shape index (κ3) is 3.70. The first kappa shape index (κ1) is 16.6. The predicted molar refractivity (Wildman–Crippen MR) is 105 cm³/mol.